The zero-order chi connectivity index (χ0) is 16.2. The lowest BCUT2D eigenvalue weighted by molar-refractivity contribution is 0.0528. The van der Waals surface area contributed by atoms with Gasteiger partial charge >= 0.3 is 6.09 Å². The minimum absolute atomic E-state index is 0.177. The summed E-state index contributed by atoms with van der Waals surface area (Å²) in [5.41, 5.74) is 0.901. The predicted octanol–water partition coefficient (Wildman–Crippen LogP) is 3.63. The number of nitrogens with zero attached hydrogens (tertiary/aromatic N) is 2. The van der Waals surface area contributed by atoms with Crippen LogP contribution in [0.3, 0.4) is 0 Å². The second-order valence-corrected chi connectivity index (χ2v) is 7.49. The number of carbonyl (C=O) groups is 1. The van der Waals surface area contributed by atoms with E-state index in [1.54, 1.807) is 0 Å². The molecule has 0 aliphatic heterocycles. The van der Waals surface area contributed by atoms with Crippen LogP contribution in [0, 0.1) is 0 Å². The molecule has 1 saturated carbocycles. The van der Waals surface area contributed by atoms with E-state index >= 15 is 0 Å². The fourth-order valence-corrected chi connectivity index (χ4v) is 3.15. The molecule has 0 saturated heterocycles. The van der Waals surface area contributed by atoms with Crippen molar-refractivity contribution < 1.29 is 9.53 Å². The molecule has 1 aliphatic rings. The van der Waals surface area contributed by atoms with Gasteiger partial charge in [0.15, 0.2) is 0 Å². The first-order valence-electron chi connectivity index (χ1n) is 8.29. The van der Waals surface area contributed by atoms with E-state index in [9.17, 15) is 4.79 Å². The molecule has 22 heavy (non-hydrogen) atoms. The van der Waals surface area contributed by atoms with Gasteiger partial charge in [-0.2, -0.15) is 0 Å². The maximum Gasteiger partial charge on any atom is 0.407 e. The van der Waals surface area contributed by atoms with Crippen LogP contribution in [0.5, 0.6) is 0 Å². The van der Waals surface area contributed by atoms with Crippen molar-refractivity contribution >= 4 is 6.09 Å². The second kappa shape index (κ2) is 6.71. The highest BCUT2D eigenvalue weighted by Crippen LogP contribution is 2.35. The van der Waals surface area contributed by atoms with Gasteiger partial charge in [0.2, 0.25) is 0 Å². The van der Waals surface area contributed by atoms with E-state index in [1.165, 1.54) is 37.8 Å². The Labute approximate surface area is 133 Å². The smallest absolute Gasteiger partial charge is 0.407 e. The molecule has 0 radical (unpaired) electrons. The summed E-state index contributed by atoms with van der Waals surface area (Å²) in [6.45, 7) is 8.48. The second-order valence-electron chi connectivity index (χ2n) is 7.49. The zero-order valence-corrected chi connectivity index (χ0v) is 14.3. The quantitative estimate of drug-likeness (QED) is 0.924. The van der Waals surface area contributed by atoms with E-state index in [0.717, 1.165) is 6.42 Å². The van der Waals surface area contributed by atoms with E-state index in [0.29, 0.717) is 6.54 Å². The van der Waals surface area contributed by atoms with Gasteiger partial charge in [0.05, 0.1) is 6.33 Å². The van der Waals surface area contributed by atoms with Gasteiger partial charge in [-0.25, -0.2) is 9.78 Å². The highest BCUT2D eigenvalue weighted by Gasteiger charge is 2.29. The molecule has 1 aromatic heterocycles. The number of ether oxygens (including phenoxy) is 1. The number of imidazole rings is 1. The van der Waals surface area contributed by atoms with Crippen molar-refractivity contribution in [2.75, 3.05) is 6.54 Å². The van der Waals surface area contributed by atoms with Crippen molar-refractivity contribution in [3.8, 4) is 0 Å². The Morgan fingerprint density at radius 3 is 2.68 bits per heavy atom. The summed E-state index contributed by atoms with van der Waals surface area (Å²) in [7, 11) is 0. The largest absolute Gasteiger partial charge is 0.444 e. The van der Waals surface area contributed by atoms with Gasteiger partial charge in [-0.3, -0.25) is 0 Å². The van der Waals surface area contributed by atoms with Gasteiger partial charge in [-0.05, 0) is 40.5 Å². The number of nitrogens with one attached hydrogen (secondary N) is 1. The monoisotopic (exact) mass is 307 g/mol. The van der Waals surface area contributed by atoms with Crippen LogP contribution in [0.15, 0.2) is 12.5 Å². The lowest BCUT2D eigenvalue weighted by Crippen LogP contribution is -2.35. The molecule has 0 bridgehead atoms. The average Bonchev–Trinajstić information content (AvgIpc) is 2.86. The third kappa shape index (κ3) is 4.49. The number of aromatic nitrogens is 2. The maximum absolute atomic E-state index is 11.7. The van der Waals surface area contributed by atoms with Crippen molar-refractivity contribution in [2.24, 2.45) is 0 Å². The third-order valence-corrected chi connectivity index (χ3v) is 4.28. The number of hydrogen-bond acceptors (Lipinski definition) is 3. The van der Waals surface area contributed by atoms with Gasteiger partial charge < -0.3 is 14.6 Å². The van der Waals surface area contributed by atoms with E-state index < -0.39 is 5.60 Å². The normalized spacial score (nSPS) is 18.0. The maximum atomic E-state index is 11.7. The van der Waals surface area contributed by atoms with Gasteiger partial charge in [0.25, 0.3) is 0 Å². The summed E-state index contributed by atoms with van der Waals surface area (Å²) in [5.74, 6) is 0. The summed E-state index contributed by atoms with van der Waals surface area (Å²) in [6.07, 6.45) is 10.6. The fourth-order valence-electron chi connectivity index (χ4n) is 3.15. The number of alkyl carbamates (subject to hydrolysis) is 1. The highest BCUT2D eigenvalue weighted by atomic mass is 16.6. The molecule has 1 aliphatic carbocycles. The van der Waals surface area contributed by atoms with E-state index in [2.05, 4.69) is 21.8 Å². The molecular formula is C17H29N3O2. The van der Waals surface area contributed by atoms with Crippen molar-refractivity contribution in [3.05, 3.63) is 18.2 Å². The Morgan fingerprint density at radius 1 is 1.36 bits per heavy atom. The molecule has 0 unspecified atom stereocenters. The summed E-state index contributed by atoms with van der Waals surface area (Å²) < 4.78 is 7.56. The highest BCUT2D eigenvalue weighted by molar-refractivity contribution is 5.67. The van der Waals surface area contributed by atoms with Crippen molar-refractivity contribution in [1.82, 2.24) is 14.9 Å². The standard InChI is InChI=1S/C17H29N3O2/c1-16(2,3)22-15(21)19-11-8-14-12-18-13-20(14)17(4)9-6-5-7-10-17/h12-13H,5-11H2,1-4H3,(H,19,21). The molecular weight excluding hydrogens is 278 g/mol. The first-order valence-corrected chi connectivity index (χ1v) is 8.29. The molecule has 1 heterocycles. The van der Waals surface area contributed by atoms with Gasteiger partial charge in [-0.15, -0.1) is 0 Å². The topological polar surface area (TPSA) is 56.1 Å². The van der Waals surface area contributed by atoms with Crippen LogP contribution < -0.4 is 5.32 Å². The molecule has 124 valence electrons. The average molecular weight is 307 g/mol. The van der Waals surface area contributed by atoms with Gasteiger partial charge in [0, 0.05) is 30.4 Å². The zero-order valence-electron chi connectivity index (χ0n) is 14.3. The van der Waals surface area contributed by atoms with Gasteiger partial charge in [0.1, 0.15) is 5.60 Å². The van der Waals surface area contributed by atoms with E-state index in [-0.39, 0.29) is 11.6 Å². The van der Waals surface area contributed by atoms with Crippen molar-refractivity contribution in [3.63, 3.8) is 0 Å². The van der Waals surface area contributed by atoms with Crippen molar-refractivity contribution in [1.29, 1.82) is 0 Å². The molecule has 5 nitrogen and oxygen atoms in total. The molecule has 1 fully saturated rings. The van der Waals surface area contributed by atoms with Crippen molar-refractivity contribution in [2.45, 2.75) is 77.4 Å². The molecule has 0 spiro atoms. The number of rotatable bonds is 4. The molecule has 0 aromatic carbocycles. The summed E-state index contributed by atoms with van der Waals surface area (Å²) in [5, 5.41) is 2.82. The predicted molar refractivity (Wildman–Crippen MR) is 86.9 cm³/mol. The first-order chi connectivity index (χ1) is 10.3. The Kier molecular flexibility index (Phi) is 5.14. The van der Waals surface area contributed by atoms with E-state index in [1.807, 2.05) is 33.3 Å². The van der Waals surface area contributed by atoms with Crippen LogP contribution in [0.2, 0.25) is 0 Å². The number of hydrogen-bond donors (Lipinski definition) is 1. The van der Waals surface area contributed by atoms with Crippen LogP contribution >= 0.6 is 0 Å². The minimum Gasteiger partial charge on any atom is -0.444 e. The molecule has 1 amide bonds. The van der Waals surface area contributed by atoms with Crippen LogP contribution in [0.25, 0.3) is 0 Å². The van der Waals surface area contributed by atoms with Gasteiger partial charge in [-0.1, -0.05) is 19.3 Å². The summed E-state index contributed by atoms with van der Waals surface area (Å²) in [4.78, 5) is 16.0. The number of amides is 1. The molecule has 2 rings (SSSR count). The first kappa shape index (κ1) is 16.8. The number of carbonyl (C=O) groups excluding carboxylic acids is 1. The molecule has 0 atom stereocenters. The van der Waals surface area contributed by atoms with Crippen LogP contribution in [0.1, 0.15) is 65.5 Å². The SMILES string of the molecule is CC(C)(C)OC(=O)NCCc1cncn1C1(C)CCCCC1. The van der Waals surface area contributed by atoms with Crippen LogP contribution in [-0.4, -0.2) is 27.8 Å². The summed E-state index contributed by atoms with van der Waals surface area (Å²) in [6, 6.07) is 0. The van der Waals surface area contributed by atoms with E-state index in [4.69, 9.17) is 4.74 Å². The third-order valence-electron chi connectivity index (χ3n) is 4.28. The lowest BCUT2D eigenvalue weighted by atomic mass is 9.83. The van der Waals surface area contributed by atoms with Crippen LogP contribution in [-0.2, 0) is 16.7 Å². The Bertz CT molecular complexity index is 496. The Morgan fingerprint density at radius 2 is 2.05 bits per heavy atom. The fraction of sp³-hybridized carbons (Fsp3) is 0.765. The Hall–Kier alpha value is -1.52. The summed E-state index contributed by atoms with van der Waals surface area (Å²) >= 11 is 0. The Balaban J connectivity index is 1.89. The molecule has 1 aromatic rings. The molecule has 5 heteroatoms. The lowest BCUT2D eigenvalue weighted by Gasteiger charge is -2.36. The van der Waals surface area contributed by atoms with Crippen LogP contribution in [0.4, 0.5) is 4.79 Å². The minimum atomic E-state index is -0.457. The molecule has 1 N–H and O–H groups in total.